The van der Waals surface area contributed by atoms with Crippen molar-refractivity contribution in [3.05, 3.63) is 18.2 Å². The Hall–Kier alpha value is -1.85. The topological polar surface area (TPSA) is 84.1 Å². The molecule has 1 amide bonds. The van der Waals surface area contributed by atoms with Gasteiger partial charge in [-0.15, -0.1) is 0 Å². The molecular weight excluding hydrogens is 222 g/mol. The van der Waals surface area contributed by atoms with Gasteiger partial charge in [0.15, 0.2) is 5.78 Å². The Labute approximate surface area is 99.8 Å². The average Bonchev–Trinajstić information content (AvgIpc) is 2.79. The number of H-pyrrole nitrogens is 1. The van der Waals surface area contributed by atoms with Crippen LogP contribution in [0, 0.1) is 5.92 Å². The summed E-state index contributed by atoms with van der Waals surface area (Å²) in [5.41, 5.74) is 0.792. The van der Waals surface area contributed by atoms with Crippen LogP contribution in [-0.4, -0.2) is 35.0 Å². The maximum absolute atomic E-state index is 11.9. The fraction of sp³-hybridized carbons (Fsp3) is 0.545. The molecule has 1 atom stereocenters. The van der Waals surface area contributed by atoms with E-state index >= 15 is 0 Å². The van der Waals surface area contributed by atoms with Crippen molar-refractivity contribution >= 4 is 11.9 Å². The molecule has 17 heavy (non-hydrogen) atoms. The Bertz CT molecular complexity index is 373. The summed E-state index contributed by atoms with van der Waals surface area (Å²) in [5, 5.41) is 2.53. The van der Waals surface area contributed by atoms with Crippen molar-refractivity contribution in [3.63, 3.8) is 0 Å². The molecule has 0 bridgehead atoms. The molecule has 1 aromatic heterocycles. The third-order valence-corrected chi connectivity index (χ3v) is 2.37. The number of hydrogen-bond donors (Lipinski definition) is 2. The summed E-state index contributed by atoms with van der Waals surface area (Å²) in [4.78, 5) is 29.8. The molecule has 6 nitrogen and oxygen atoms in total. The normalized spacial score (nSPS) is 12.2. The Balaban J connectivity index is 2.71. The van der Waals surface area contributed by atoms with Crippen molar-refractivity contribution in [2.24, 2.45) is 5.92 Å². The van der Waals surface area contributed by atoms with Gasteiger partial charge in [0.25, 0.3) is 0 Å². The van der Waals surface area contributed by atoms with E-state index in [0.29, 0.717) is 6.42 Å². The van der Waals surface area contributed by atoms with Gasteiger partial charge in [0, 0.05) is 24.2 Å². The van der Waals surface area contributed by atoms with E-state index in [2.05, 4.69) is 20.0 Å². The number of carbonyl (C=O) groups is 2. The molecule has 0 aromatic carbocycles. The van der Waals surface area contributed by atoms with Crippen molar-refractivity contribution in [2.75, 3.05) is 7.11 Å². The highest BCUT2D eigenvalue weighted by atomic mass is 16.5. The van der Waals surface area contributed by atoms with Crippen LogP contribution < -0.4 is 5.32 Å². The average molecular weight is 239 g/mol. The number of Topliss-reactive ketones (excluding diaryl/α,β-unsaturated/α-hetero) is 1. The predicted molar refractivity (Wildman–Crippen MR) is 61.5 cm³/mol. The number of aromatic amines is 1. The first-order valence-electron chi connectivity index (χ1n) is 5.40. The number of nitrogens with zero attached hydrogens (tertiary/aromatic N) is 1. The van der Waals surface area contributed by atoms with Crippen molar-refractivity contribution in [3.8, 4) is 0 Å². The maximum Gasteiger partial charge on any atom is 0.407 e. The van der Waals surface area contributed by atoms with E-state index in [1.54, 1.807) is 20.0 Å². The van der Waals surface area contributed by atoms with E-state index in [-0.39, 0.29) is 11.7 Å². The molecule has 1 rings (SSSR count). The fourth-order valence-corrected chi connectivity index (χ4v) is 1.44. The number of ether oxygens (including phenoxy) is 1. The Morgan fingerprint density at radius 1 is 1.53 bits per heavy atom. The third kappa shape index (κ3) is 3.90. The fourth-order valence-electron chi connectivity index (χ4n) is 1.44. The SMILES string of the molecule is COC(=O)NC(Cc1cnc[nH]1)C(=O)C(C)C. The number of rotatable bonds is 5. The number of aromatic nitrogens is 2. The van der Waals surface area contributed by atoms with E-state index in [1.165, 1.54) is 13.4 Å². The summed E-state index contributed by atoms with van der Waals surface area (Å²) in [7, 11) is 1.27. The van der Waals surface area contributed by atoms with Crippen LogP contribution in [0.1, 0.15) is 19.5 Å². The smallest absolute Gasteiger partial charge is 0.407 e. The minimum absolute atomic E-state index is 0.0370. The lowest BCUT2D eigenvalue weighted by Gasteiger charge is -2.18. The van der Waals surface area contributed by atoms with Gasteiger partial charge in [-0.2, -0.15) is 0 Å². The third-order valence-electron chi connectivity index (χ3n) is 2.37. The zero-order chi connectivity index (χ0) is 12.8. The molecule has 6 heteroatoms. The van der Waals surface area contributed by atoms with Crippen LogP contribution in [0.3, 0.4) is 0 Å². The predicted octanol–water partition coefficient (Wildman–Crippen LogP) is 0.902. The van der Waals surface area contributed by atoms with E-state index < -0.39 is 12.1 Å². The molecule has 1 heterocycles. The van der Waals surface area contributed by atoms with Crippen molar-refractivity contribution in [1.82, 2.24) is 15.3 Å². The highest BCUT2D eigenvalue weighted by molar-refractivity contribution is 5.88. The van der Waals surface area contributed by atoms with Crippen LogP contribution in [0.25, 0.3) is 0 Å². The summed E-state index contributed by atoms with van der Waals surface area (Å²) < 4.78 is 4.50. The van der Waals surface area contributed by atoms with E-state index in [9.17, 15) is 9.59 Å². The molecule has 0 fully saturated rings. The zero-order valence-corrected chi connectivity index (χ0v) is 10.2. The summed E-state index contributed by atoms with van der Waals surface area (Å²) in [6, 6.07) is -0.595. The van der Waals surface area contributed by atoms with Crippen LogP contribution in [0.2, 0.25) is 0 Å². The summed E-state index contributed by atoms with van der Waals surface area (Å²) >= 11 is 0. The lowest BCUT2D eigenvalue weighted by molar-refractivity contribution is -0.123. The van der Waals surface area contributed by atoms with E-state index in [0.717, 1.165) is 5.69 Å². The maximum atomic E-state index is 11.9. The first-order valence-corrected chi connectivity index (χ1v) is 5.40. The molecule has 0 radical (unpaired) electrons. The molecule has 0 aliphatic rings. The molecule has 0 saturated carbocycles. The molecular formula is C11H17N3O3. The largest absolute Gasteiger partial charge is 0.453 e. The molecule has 94 valence electrons. The van der Waals surface area contributed by atoms with Crippen LogP contribution in [0.4, 0.5) is 4.79 Å². The first-order chi connectivity index (χ1) is 8.04. The quantitative estimate of drug-likeness (QED) is 0.799. The number of nitrogens with one attached hydrogen (secondary N) is 2. The van der Waals surface area contributed by atoms with Crippen LogP contribution in [0.15, 0.2) is 12.5 Å². The van der Waals surface area contributed by atoms with Crippen molar-refractivity contribution in [2.45, 2.75) is 26.3 Å². The van der Waals surface area contributed by atoms with Gasteiger partial charge in [-0.3, -0.25) is 4.79 Å². The zero-order valence-electron chi connectivity index (χ0n) is 10.2. The first kappa shape index (κ1) is 13.2. The van der Waals surface area contributed by atoms with Crippen LogP contribution >= 0.6 is 0 Å². The lowest BCUT2D eigenvalue weighted by atomic mass is 9.98. The van der Waals surface area contributed by atoms with Gasteiger partial charge in [0.2, 0.25) is 0 Å². The minimum atomic E-state index is -0.608. The van der Waals surface area contributed by atoms with Gasteiger partial charge in [-0.1, -0.05) is 13.8 Å². The van der Waals surface area contributed by atoms with Gasteiger partial charge in [-0.05, 0) is 0 Å². The van der Waals surface area contributed by atoms with Gasteiger partial charge >= 0.3 is 6.09 Å². The van der Waals surface area contributed by atoms with Crippen molar-refractivity contribution in [1.29, 1.82) is 0 Å². The number of imidazole rings is 1. The second-order valence-electron chi connectivity index (χ2n) is 4.03. The standard InChI is InChI=1S/C11H17N3O3/c1-7(2)10(15)9(14-11(16)17-3)4-8-5-12-6-13-8/h5-7,9H,4H2,1-3H3,(H,12,13)(H,14,16). The van der Waals surface area contributed by atoms with Gasteiger partial charge in [0.1, 0.15) is 0 Å². The lowest BCUT2D eigenvalue weighted by Crippen LogP contribution is -2.44. The van der Waals surface area contributed by atoms with E-state index in [1.807, 2.05) is 0 Å². The summed E-state index contributed by atoms with van der Waals surface area (Å²) in [6.45, 7) is 3.59. The number of hydrogen-bond acceptors (Lipinski definition) is 4. The highest BCUT2D eigenvalue weighted by Gasteiger charge is 2.24. The number of ketones is 1. The monoisotopic (exact) mass is 239 g/mol. The van der Waals surface area contributed by atoms with E-state index in [4.69, 9.17) is 0 Å². The minimum Gasteiger partial charge on any atom is -0.453 e. The molecule has 0 saturated heterocycles. The number of alkyl carbamates (subject to hydrolysis) is 1. The van der Waals surface area contributed by atoms with Crippen LogP contribution in [0.5, 0.6) is 0 Å². The van der Waals surface area contributed by atoms with Gasteiger partial charge in [0.05, 0.1) is 19.5 Å². The Kier molecular flexibility index (Phi) is 4.68. The molecule has 0 aliphatic heterocycles. The number of carbonyl (C=O) groups excluding carboxylic acids is 2. The number of amides is 1. The Morgan fingerprint density at radius 2 is 2.24 bits per heavy atom. The van der Waals surface area contributed by atoms with Gasteiger partial charge in [-0.25, -0.2) is 9.78 Å². The summed E-state index contributed by atoms with van der Waals surface area (Å²) in [6.07, 6.45) is 2.93. The highest BCUT2D eigenvalue weighted by Crippen LogP contribution is 2.06. The Morgan fingerprint density at radius 3 is 2.71 bits per heavy atom. The molecule has 1 aromatic rings. The second-order valence-corrected chi connectivity index (χ2v) is 4.03. The van der Waals surface area contributed by atoms with Crippen LogP contribution in [-0.2, 0) is 16.0 Å². The number of methoxy groups -OCH3 is 1. The molecule has 1 unspecified atom stereocenters. The molecule has 0 aliphatic carbocycles. The molecule has 2 N–H and O–H groups in total. The molecule has 0 spiro atoms. The van der Waals surface area contributed by atoms with Crippen molar-refractivity contribution < 1.29 is 14.3 Å². The van der Waals surface area contributed by atoms with Gasteiger partial charge < -0.3 is 15.0 Å². The second kappa shape index (κ2) is 6.03. The summed E-state index contributed by atoms with van der Waals surface area (Å²) in [5.74, 6) is -0.190.